The number of aryl methyl sites for hydroxylation is 1. The second-order valence-corrected chi connectivity index (χ2v) is 4.56. The molecule has 0 unspecified atom stereocenters. The van der Waals surface area contributed by atoms with Gasteiger partial charge in [0.05, 0.1) is 18.4 Å². The summed E-state index contributed by atoms with van der Waals surface area (Å²) in [4.78, 5) is 12.5. The fourth-order valence-corrected chi connectivity index (χ4v) is 1.96. The zero-order valence-electron chi connectivity index (χ0n) is 11.8. The Balaban J connectivity index is 1.80. The molecule has 0 saturated carbocycles. The van der Waals surface area contributed by atoms with E-state index in [2.05, 4.69) is 20.1 Å². The van der Waals surface area contributed by atoms with Gasteiger partial charge in [-0.3, -0.25) is 0 Å². The van der Waals surface area contributed by atoms with Crippen molar-refractivity contribution in [2.45, 2.75) is 13.3 Å². The molecule has 0 atom stereocenters. The van der Waals surface area contributed by atoms with E-state index in [-0.39, 0.29) is 0 Å². The molecule has 0 fully saturated rings. The Hall–Kier alpha value is -2.76. The molecule has 0 aliphatic carbocycles. The number of hydrogen-bond acceptors (Lipinski definition) is 6. The summed E-state index contributed by atoms with van der Waals surface area (Å²) >= 11 is 0. The van der Waals surface area contributed by atoms with Crippen molar-refractivity contribution in [2.24, 2.45) is 0 Å². The van der Waals surface area contributed by atoms with E-state index in [1.165, 1.54) is 6.33 Å². The van der Waals surface area contributed by atoms with Crippen molar-refractivity contribution in [3.05, 3.63) is 53.9 Å². The van der Waals surface area contributed by atoms with Gasteiger partial charge in [-0.2, -0.15) is 4.98 Å². The van der Waals surface area contributed by atoms with Gasteiger partial charge in [-0.15, -0.1) is 0 Å². The minimum Gasteiger partial charge on any atom is -0.497 e. The number of benzene rings is 1. The first-order valence-corrected chi connectivity index (χ1v) is 6.49. The van der Waals surface area contributed by atoms with Crippen LogP contribution in [0.2, 0.25) is 0 Å². The van der Waals surface area contributed by atoms with Crippen molar-refractivity contribution in [1.82, 2.24) is 20.1 Å². The van der Waals surface area contributed by atoms with Crippen molar-refractivity contribution >= 4 is 0 Å². The standard InChI is InChI=1S/C15H14N4O2/c1-10-13(8-16-9-17-10)15-18-14(19-21-15)7-11-3-5-12(20-2)6-4-11/h3-6,8-9H,7H2,1-2H3. The molecule has 6 nitrogen and oxygen atoms in total. The van der Waals surface area contributed by atoms with Crippen LogP contribution < -0.4 is 4.74 Å². The molecule has 3 aromatic rings. The molecular weight excluding hydrogens is 268 g/mol. The highest BCUT2D eigenvalue weighted by atomic mass is 16.5. The highest BCUT2D eigenvalue weighted by molar-refractivity contribution is 5.53. The first kappa shape index (κ1) is 13.2. The lowest BCUT2D eigenvalue weighted by molar-refractivity contribution is 0.414. The molecule has 2 heterocycles. The van der Waals surface area contributed by atoms with E-state index in [4.69, 9.17) is 9.26 Å². The first-order valence-electron chi connectivity index (χ1n) is 6.49. The van der Waals surface area contributed by atoms with Crippen LogP contribution in [0.25, 0.3) is 11.5 Å². The van der Waals surface area contributed by atoms with Crippen molar-refractivity contribution in [1.29, 1.82) is 0 Å². The Morgan fingerprint density at radius 1 is 1.19 bits per heavy atom. The van der Waals surface area contributed by atoms with Crippen LogP contribution in [0.3, 0.4) is 0 Å². The van der Waals surface area contributed by atoms with Gasteiger partial charge in [0, 0.05) is 12.6 Å². The van der Waals surface area contributed by atoms with Crippen molar-refractivity contribution in [3.8, 4) is 17.2 Å². The predicted molar refractivity (Wildman–Crippen MR) is 75.9 cm³/mol. The summed E-state index contributed by atoms with van der Waals surface area (Å²) in [5, 5.41) is 4.00. The average molecular weight is 282 g/mol. The second kappa shape index (κ2) is 5.70. The van der Waals surface area contributed by atoms with Gasteiger partial charge in [-0.05, 0) is 24.6 Å². The molecule has 2 aromatic heterocycles. The SMILES string of the molecule is COc1ccc(Cc2noc(-c3cncnc3C)n2)cc1. The van der Waals surface area contributed by atoms with Gasteiger partial charge in [-0.1, -0.05) is 17.3 Å². The van der Waals surface area contributed by atoms with Gasteiger partial charge in [0.1, 0.15) is 12.1 Å². The van der Waals surface area contributed by atoms with Gasteiger partial charge < -0.3 is 9.26 Å². The lowest BCUT2D eigenvalue weighted by Crippen LogP contribution is -1.92. The summed E-state index contributed by atoms with van der Waals surface area (Å²) in [5.74, 6) is 1.89. The topological polar surface area (TPSA) is 73.9 Å². The number of nitrogens with zero attached hydrogens (tertiary/aromatic N) is 4. The van der Waals surface area contributed by atoms with E-state index in [0.29, 0.717) is 18.1 Å². The van der Waals surface area contributed by atoms with Crippen LogP contribution in [0.1, 0.15) is 17.1 Å². The lowest BCUT2D eigenvalue weighted by atomic mass is 10.1. The molecule has 0 aliphatic rings. The first-order chi connectivity index (χ1) is 10.3. The summed E-state index contributed by atoms with van der Waals surface area (Å²) in [7, 11) is 1.64. The monoisotopic (exact) mass is 282 g/mol. The summed E-state index contributed by atoms with van der Waals surface area (Å²) < 4.78 is 10.4. The molecule has 0 radical (unpaired) electrons. The van der Waals surface area contributed by atoms with E-state index in [0.717, 1.165) is 22.6 Å². The Labute approximate surface area is 121 Å². The van der Waals surface area contributed by atoms with Gasteiger partial charge in [0.25, 0.3) is 5.89 Å². The molecule has 0 spiro atoms. The van der Waals surface area contributed by atoms with Gasteiger partial charge >= 0.3 is 0 Å². The average Bonchev–Trinajstić information content (AvgIpc) is 2.97. The maximum absolute atomic E-state index is 5.28. The number of aromatic nitrogens is 4. The molecule has 3 rings (SSSR count). The van der Waals surface area contributed by atoms with Crippen molar-refractivity contribution in [3.63, 3.8) is 0 Å². The molecule has 1 aromatic carbocycles. The number of hydrogen-bond donors (Lipinski definition) is 0. The largest absolute Gasteiger partial charge is 0.497 e. The van der Waals surface area contributed by atoms with Crippen LogP contribution in [-0.2, 0) is 6.42 Å². The Morgan fingerprint density at radius 2 is 2.00 bits per heavy atom. The molecule has 0 saturated heterocycles. The summed E-state index contributed by atoms with van der Waals surface area (Å²) in [5.41, 5.74) is 2.65. The molecule has 106 valence electrons. The molecular formula is C15H14N4O2. The molecule has 0 amide bonds. The quantitative estimate of drug-likeness (QED) is 0.731. The van der Waals surface area contributed by atoms with Crippen LogP contribution in [0.5, 0.6) is 5.75 Å². The van der Waals surface area contributed by atoms with Gasteiger partial charge in [0.2, 0.25) is 0 Å². The van der Waals surface area contributed by atoms with Crippen LogP contribution in [0, 0.1) is 6.92 Å². The molecule has 6 heteroatoms. The van der Waals surface area contributed by atoms with E-state index < -0.39 is 0 Å². The minimum absolute atomic E-state index is 0.441. The van der Waals surface area contributed by atoms with Crippen LogP contribution in [-0.4, -0.2) is 27.2 Å². The van der Waals surface area contributed by atoms with Gasteiger partial charge in [-0.25, -0.2) is 9.97 Å². The number of ether oxygens (including phenoxy) is 1. The van der Waals surface area contributed by atoms with E-state index in [1.807, 2.05) is 31.2 Å². The Bertz CT molecular complexity index is 737. The molecule has 21 heavy (non-hydrogen) atoms. The van der Waals surface area contributed by atoms with Gasteiger partial charge in [0.15, 0.2) is 5.82 Å². The summed E-state index contributed by atoms with van der Waals surface area (Å²) in [6.07, 6.45) is 3.76. The maximum Gasteiger partial charge on any atom is 0.261 e. The van der Waals surface area contributed by atoms with Crippen molar-refractivity contribution in [2.75, 3.05) is 7.11 Å². The lowest BCUT2D eigenvalue weighted by Gasteiger charge is -2.00. The minimum atomic E-state index is 0.441. The Morgan fingerprint density at radius 3 is 2.71 bits per heavy atom. The zero-order chi connectivity index (χ0) is 14.7. The normalized spacial score (nSPS) is 10.6. The highest BCUT2D eigenvalue weighted by Crippen LogP contribution is 2.20. The molecule has 0 aliphatic heterocycles. The maximum atomic E-state index is 5.28. The molecule has 0 bridgehead atoms. The second-order valence-electron chi connectivity index (χ2n) is 4.56. The van der Waals surface area contributed by atoms with E-state index in [9.17, 15) is 0 Å². The third-order valence-corrected chi connectivity index (χ3v) is 3.13. The smallest absolute Gasteiger partial charge is 0.261 e. The van der Waals surface area contributed by atoms with Crippen molar-refractivity contribution < 1.29 is 9.26 Å². The highest BCUT2D eigenvalue weighted by Gasteiger charge is 2.12. The third kappa shape index (κ3) is 2.89. The third-order valence-electron chi connectivity index (χ3n) is 3.13. The molecule has 0 N–H and O–H groups in total. The number of methoxy groups -OCH3 is 1. The fraction of sp³-hybridized carbons (Fsp3) is 0.200. The summed E-state index contributed by atoms with van der Waals surface area (Å²) in [6, 6.07) is 7.77. The van der Waals surface area contributed by atoms with Crippen LogP contribution in [0.15, 0.2) is 41.3 Å². The number of rotatable bonds is 4. The predicted octanol–water partition coefficient (Wildman–Crippen LogP) is 2.43. The van der Waals surface area contributed by atoms with E-state index in [1.54, 1.807) is 13.3 Å². The fourth-order valence-electron chi connectivity index (χ4n) is 1.96. The summed E-state index contributed by atoms with van der Waals surface area (Å²) in [6.45, 7) is 1.88. The Kier molecular flexibility index (Phi) is 3.59. The van der Waals surface area contributed by atoms with Crippen LogP contribution >= 0.6 is 0 Å². The zero-order valence-corrected chi connectivity index (χ0v) is 11.8. The van der Waals surface area contributed by atoms with E-state index >= 15 is 0 Å². The van der Waals surface area contributed by atoms with Crippen LogP contribution in [0.4, 0.5) is 0 Å².